The van der Waals surface area contributed by atoms with Crippen LogP contribution in [-0.2, 0) is 0 Å². The van der Waals surface area contributed by atoms with Crippen LogP contribution in [0.15, 0.2) is 224 Å². The maximum absolute atomic E-state index is 2.41. The van der Waals surface area contributed by atoms with Crippen molar-refractivity contribution >= 4 is 49.4 Å². The fourth-order valence-corrected chi connectivity index (χ4v) is 8.18. The van der Waals surface area contributed by atoms with Gasteiger partial charge < -0.3 is 4.90 Å². The molecule has 0 amide bonds. The van der Waals surface area contributed by atoms with E-state index in [1.807, 2.05) is 0 Å². The van der Waals surface area contributed by atoms with Crippen LogP contribution in [0.4, 0.5) is 17.1 Å². The number of para-hydroxylation sites is 1. The van der Waals surface area contributed by atoms with Gasteiger partial charge in [0.15, 0.2) is 0 Å². The van der Waals surface area contributed by atoms with Crippen LogP contribution in [0.1, 0.15) is 0 Å². The Morgan fingerprint density at radius 2 is 0.782 bits per heavy atom. The quantitative estimate of drug-likeness (QED) is 0.150. The van der Waals surface area contributed by atoms with Crippen LogP contribution in [0.2, 0.25) is 0 Å². The van der Waals surface area contributed by atoms with Gasteiger partial charge in [0, 0.05) is 16.9 Å². The average molecular weight is 700 g/mol. The lowest BCUT2D eigenvalue weighted by molar-refractivity contribution is 1.28. The minimum Gasteiger partial charge on any atom is -0.310 e. The molecule has 0 N–H and O–H groups in total. The number of hydrogen-bond acceptors (Lipinski definition) is 1. The molecule has 0 fully saturated rings. The molecule has 10 aromatic rings. The smallest absolute Gasteiger partial charge is 0.0540 e. The lowest BCUT2D eigenvalue weighted by Gasteiger charge is -2.28. The van der Waals surface area contributed by atoms with Crippen LogP contribution in [0.5, 0.6) is 0 Å². The van der Waals surface area contributed by atoms with Crippen molar-refractivity contribution < 1.29 is 0 Å². The lowest BCUT2D eigenvalue weighted by atomic mass is 9.90. The van der Waals surface area contributed by atoms with Crippen LogP contribution in [0, 0.1) is 0 Å². The first-order valence-electron chi connectivity index (χ1n) is 18.9. The van der Waals surface area contributed by atoms with Gasteiger partial charge in [0.05, 0.1) is 5.69 Å². The van der Waals surface area contributed by atoms with Gasteiger partial charge in [-0.3, -0.25) is 0 Å². The zero-order valence-electron chi connectivity index (χ0n) is 30.3. The Kier molecular flexibility index (Phi) is 8.24. The van der Waals surface area contributed by atoms with Crippen LogP contribution in [0.3, 0.4) is 0 Å². The molecular formula is C54H37N. The van der Waals surface area contributed by atoms with Gasteiger partial charge in [-0.05, 0) is 108 Å². The van der Waals surface area contributed by atoms with Crippen molar-refractivity contribution in [3.05, 3.63) is 224 Å². The molecule has 0 aromatic heterocycles. The van der Waals surface area contributed by atoms with Crippen LogP contribution < -0.4 is 4.90 Å². The fraction of sp³-hybridized carbons (Fsp3) is 0. The Labute approximate surface area is 322 Å². The van der Waals surface area contributed by atoms with Gasteiger partial charge in [-0.1, -0.05) is 188 Å². The van der Waals surface area contributed by atoms with Crippen molar-refractivity contribution in [2.24, 2.45) is 0 Å². The monoisotopic (exact) mass is 699 g/mol. The van der Waals surface area contributed by atoms with Crippen molar-refractivity contribution in [2.75, 3.05) is 4.90 Å². The Balaban J connectivity index is 1.11. The first kappa shape index (κ1) is 32.4. The largest absolute Gasteiger partial charge is 0.310 e. The van der Waals surface area contributed by atoms with E-state index in [2.05, 4.69) is 229 Å². The minimum atomic E-state index is 1.10. The maximum atomic E-state index is 2.41. The molecular weight excluding hydrogens is 663 g/mol. The van der Waals surface area contributed by atoms with E-state index in [0.29, 0.717) is 0 Å². The van der Waals surface area contributed by atoms with E-state index in [9.17, 15) is 0 Å². The highest BCUT2D eigenvalue weighted by Gasteiger charge is 2.19. The summed E-state index contributed by atoms with van der Waals surface area (Å²) >= 11 is 0. The summed E-state index contributed by atoms with van der Waals surface area (Å²) in [6.45, 7) is 0. The van der Waals surface area contributed by atoms with Gasteiger partial charge in [0.1, 0.15) is 0 Å². The molecule has 0 aliphatic carbocycles. The molecule has 1 nitrogen and oxygen atoms in total. The zero-order chi connectivity index (χ0) is 36.6. The van der Waals surface area contributed by atoms with Crippen LogP contribution >= 0.6 is 0 Å². The van der Waals surface area contributed by atoms with Crippen molar-refractivity contribution in [1.82, 2.24) is 0 Å². The second-order valence-electron chi connectivity index (χ2n) is 14.1. The van der Waals surface area contributed by atoms with Crippen molar-refractivity contribution in [2.45, 2.75) is 0 Å². The van der Waals surface area contributed by atoms with Crippen molar-refractivity contribution in [1.29, 1.82) is 0 Å². The molecule has 0 radical (unpaired) electrons. The van der Waals surface area contributed by atoms with E-state index in [1.54, 1.807) is 0 Å². The van der Waals surface area contributed by atoms with Gasteiger partial charge in [0.2, 0.25) is 0 Å². The molecule has 0 aliphatic rings. The third-order valence-corrected chi connectivity index (χ3v) is 10.8. The SMILES string of the molecule is c1ccc(-c2ccc(-c3ccc(N(c4cccc(-c5cc6ccc7ccccc7c6c6ccccc56)c4)c4ccccc4-c4ccccc4)cc3)cc2)cc1. The predicted molar refractivity (Wildman–Crippen MR) is 235 cm³/mol. The van der Waals surface area contributed by atoms with Gasteiger partial charge in [-0.2, -0.15) is 0 Å². The molecule has 1 heteroatoms. The van der Waals surface area contributed by atoms with E-state index in [4.69, 9.17) is 0 Å². The highest BCUT2D eigenvalue weighted by molar-refractivity contribution is 6.23. The third kappa shape index (κ3) is 6.02. The van der Waals surface area contributed by atoms with E-state index in [1.165, 1.54) is 76.8 Å². The number of rotatable bonds is 7. The molecule has 0 saturated heterocycles. The van der Waals surface area contributed by atoms with Gasteiger partial charge in [0.25, 0.3) is 0 Å². The Morgan fingerprint density at radius 1 is 0.255 bits per heavy atom. The number of benzene rings is 10. The third-order valence-electron chi connectivity index (χ3n) is 10.8. The molecule has 258 valence electrons. The second-order valence-corrected chi connectivity index (χ2v) is 14.1. The average Bonchev–Trinajstić information content (AvgIpc) is 3.27. The van der Waals surface area contributed by atoms with Crippen LogP contribution in [0.25, 0.3) is 76.8 Å². The minimum absolute atomic E-state index is 1.10. The molecule has 55 heavy (non-hydrogen) atoms. The lowest BCUT2D eigenvalue weighted by Crippen LogP contribution is -2.11. The van der Waals surface area contributed by atoms with E-state index in [0.717, 1.165) is 17.1 Å². The topological polar surface area (TPSA) is 3.24 Å². The van der Waals surface area contributed by atoms with E-state index >= 15 is 0 Å². The highest BCUT2D eigenvalue weighted by Crippen LogP contribution is 2.44. The van der Waals surface area contributed by atoms with E-state index < -0.39 is 0 Å². The summed E-state index contributed by atoms with van der Waals surface area (Å²) in [6.07, 6.45) is 0. The summed E-state index contributed by atoms with van der Waals surface area (Å²) in [5.74, 6) is 0. The molecule has 10 rings (SSSR count). The number of nitrogens with zero attached hydrogens (tertiary/aromatic N) is 1. The molecule has 0 bridgehead atoms. The van der Waals surface area contributed by atoms with Crippen LogP contribution in [-0.4, -0.2) is 0 Å². The second kappa shape index (κ2) is 14.0. The van der Waals surface area contributed by atoms with Gasteiger partial charge in [-0.25, -0.2) is 0 Å². The summed E-state index contributed by atoms with van der Waals surface area (Å²) in [4.78, 5) is 2.41. The van der Waals surface area contributed by atoms with Crippen molar-refractivity contribution in [3.63, 3.8) is 0 Å². The Bertz CT molecular complexity index is 2950. The highest BCUT2D eigenvalue weighted by atomic mass is 15.1. The molecule has 0 heterocycles. The first-order valence-corrected chi connectivity index (χ1v) is 18.9. The van der Waals surface area contributed by atoms with Gasteiger partial charge >= 0.3 is 0 Å². The molecule has 0 spiro atoms. The first-order chi connectivity index (χ1) is 27.3. The van der Waals surface area contributed by atoms with Gasteiger partial charge in [-0.15, -0.1) is 0 Å². The van der Waals surface area contributed by atoms with E-state index in [-0.39, 0.29) is 0 Å². The summed E-state index contributed by atoms with van der Waals surface area (Å²) in [7, 11) is 0. The number of anilines is 3. The number of hydrogen-bond donors (Lipinski definition) is 0. The molecule has 10 aromatic carbocycles. The standard InChI is InChI=1S/C54H37N/c1-3-14-38(15-4-1)39-26-28-40(29-27-39)41-32-34-46(35-33-41)55(53-25-12-11-21-48(53)42-16-5-2-6-17-42)47-20-13-19-44(36-47)52-37-45-31-30-43-18-7-8-22-49(43)54(45)51-24-10-9-23-50(51)52/h1-37H. The Morgan fingerprint density at radius 3 is 1.51 bits per heavy atom. The molecule has 0 aliphatic heterocycles. The molecule has 0 unspecified atom stereocenters. The summed E-state index contributed by atoms with van der Waals surface area (Å²) in [5, 5.41) is 7.63. The number of fused-ring (bicyclic) bond motifs is 5. The maximum Gasteiger partial charge on any atom is 0.0540 e. The van der Waals surface area contributed by atoms with Crippen molar-refractivity contribution in [3.8, 4) is 44.5 Å². The Hall–Kier alpha value is -7.22. The zero-order valence-corrected chi connectivity index (χ0v) is 30.3. The fourth-order valence-electron chi connectivity index (χ4n) is 8.18. The summed E-state index contributed by atoms with van der Waals surface area (Å²) < 4.78 is 0. The summed E-state index contributed by atoms with van der Waals surface area (Å²) in [5.41, 5.74) is 12.9. The normalized spacial score (nSPS) is 11.3. The molecule has 0 saturated carbocycles. The predicted octanol–water partition coefficient (Wildman–Crippen LogP) is 15.3. The summed E-state index contributed by atoms with van der Waals surface area (Å²) in [6, 6.07) is 81.4. The molecule has 0 atom stereocenters.